The molecule has 1 N–H and O–H groups in total. The van der Waals surface area contributed by atoms with E-state index in [2.05, 4.69) is 17.3 Å². The van der Waals surface area contributed by atoms with E-state index in [0.717, 1.165) is 26.1 Å². The summed E-state index contributed by atoms with van der Waals surface area (Å²) >= 11 is 0. The van der Waals surface area contributed by atoms with Crippen molar-refractivity contribution in [3.05, 3.63) is 0 Å². The van der Waals surface area contributed by atoms with E-state index in [0.29, 0.717) is 31.8 Å². The lowest BCUT2D eigenvalue weighted by atomic mass is 9.97. The molecule has 0 aromatic heterocycles. The van der Waals surface area contributed by atoms with E-state index in [-0.39, 0.29) is 11.8 Å². The van der Waals surface area contributed by atoms with E-state index in [1.165, 1.54) is 10.6 Å². The van der Waals surface area contributed by atoms with Crippen LogP contribution < -0.4 is 5.32 Å². The summed E-state index contributed by atoms with van der Waals surface area (Å²) in [4.78, 5) is 14.4. The number of hydrogen-bond acceptors (Lipinski definition) is 4. The molecular formula is C13H25N3O3S. The van der Waals surface area contributed by atoms with Crippen LogP contribution in [-0.4, -0.2) is 69.6 Å². The van der Waals surface area contributed by atoms with Crippen LogP contribution in [0.4, 0.5) is 0 Å². The molecule has 116 valence electrons. The van der Waals surface area contributed by atoms with Crippen molar-refractivity contribution in [3.63, 3.8) is 0 Å². The van der Waals surface area contributed by atoms with Crippen molar-refractivity contribution < 1.29 is 13.2 Å². The normalized spacial score (nSPS) is 26.8. The summed E-state index contributed by atoms with van der Waals surface area (Å²) in [6, 6.07) is 0. The highest BCUT2D eigenvalue weighted by atomic mass is 32.2. The Morgan fingerprint density at radius 3 is 2.35 bits per heavy atom. The van der Waals surface area contributed by atoms with E-state index in [4.69, 9.17) is 0 Å². The van der Waals surface area contributed by atoms with E-state index < -0.39 is 10.0 Å². The van der Waals surface area contributed by atoms with Crippen molar-refractivity contribution in [2.75, 3.05) is 46.0 Å². The van der Waals surface area contributed by atoms with Gasteiger partial charge in [-0.1, -0.05) is 0 Å². The largest absolute Gasteiger partial charge is 0.356 e. The van der Waals surface area contributed by atoms with Crippen LogP contribution in [0.15, 0.2) is 0 Å². The second-order valence-electron chi connectivity index (χ2n) is 6.10. The molecule has 2 aliphatic heterocycles. The van der Waals surface area contributed by atoms with Crippen LogP contribution in [0.1, 0.15) is 19.3 Å². The Bertz CT molecular complexity index is 444. The van der Waals surface area contributed by atoms with Crippen molar-refractivity contribution in [1.29, 1.82) is 0 Å². The molecule has 6 nitrogen and oxygen atoms in total. The molecule has 0 aromatic rings. The first-order valence-corrected chi connectivity index (χ1v) is 9.12. The number of nitrogens with zero attached hydrogens (tertiary/aromatic N) is 2. The summed E-state index contributed by atoms with van der Waals surface area (Å²) in [7, 11) is -1.01. The molecule has 0 spiro atoms. The molecule has 2 fully saturated rings. The number of piperidine rings is 1. The van der Waals surface area contributed by atoms with Gasteiger partial charge in [0.05, 0.1) is 6.26 Å². The van der Waals surface area contributed by atoms with Gasteiger partial charge in [-0.15, -0.1) is 0 Å². The molecule has 0 aromatic carbocycles. The Hall–Kier alpha value is -0.660. The minimum absolute atomic E-state index is 0.0351. The third-order valence-corrected chi connectivity index (χ3v) is 5.65. The maximum atomic E-state index is 12.1. The van der Waals surface area contributed by atoms with E-state index in [9.17, 15) is 13.2 Å². The molecule has 0 aliphatic carbocycles. The van der Waals surface area contributed by atoms with E-state index in [1.54, 1.807) is 0 Å². The average Bonchev–Trinajstić information content (AvgIpc) is 2.81. The minimum Gasteiger partial charge on any atom is -0.356 e. The fourth-order valence-corrected chi connectivity index (χ4v) is 3.91. The summed E-state index contributed by atoms with van der Waals surface area (Å²) in [5.41, 5.74) is 0. The Labute approximate surface area is 121 Å². The van der Waals surface area contributed by atoms with Gasteiger partial charge in [-0.2, -0.15) is 0 Å². The molecule has 2 heterocycles. The third kappa shape index (κ3) is 4.17. The zero-order chi connectivity index (χ0) is 14.8. The van der Waals surface area contributed by atoms with E-state index >= 15 is 0 Å². The summed E-state index contributed by atoms with van der Waals surface area (Å²) in [6.07, 6.45) is 3.63. The average molecular weight is 303 g/mol. The highest BCUT2D eigenvalue weighted by Gasteiger charge is 2.29. The fraction of sp³-hybridized carbons (Fsp3) is 0.923. The van der Waals surface area contributed by atoms with Gasteiger partial charge in [0.2, 0.25) is 15.9 Å². The highest BCUT2D eigenvalue weighted by molar-refractivity contribution is 7.88. The smallest absolute Gasteiger partial charge is 0.223 e. The Kier molecular flexibility index (Phi) is 5.04. The maximum Gasteiger partial charge on any atom is 0.223 e. The molecule has 1 atom stereocenters. The third-order valence-electron chi connectivity index (χ3n) is 4.35. The number of rotatable bonds is 4. The molecule has 2 saturated heterocycles. The summed E-state index contributed by atoms with van der Waals surface area (Å²) in [6.45, 7) is 3.82. The number of carbonyl (C=O) groups is 1. The summed E-state index contributed by atoms with van der Waals surface area (Å²) < 4.78 is 24.3. The van der Waals surface area contributed by atoms with Gasteiger partial charge in [0.1, 0.15) is 0 Å². The molecular weight excluding hydrogens is 278 g/mol. The van der Waals surface area contributed by atoms with Crippen molar-refractivity contribution in [2.24, 2.45) is 11.8 Å². The first kappa shape index (κ1) is 15.7. The first-order chi connectivity index (χ1) is 9.36. The molecule has 0 bridgehead atoms. The Morgan fingerprint density at radius 2 is 1.85 bits per heavy atom. The van der Waals surface area contributed by atoms with Crippen LogP contribution in [0.25, 0.3) is 0 Å². The lowest BCUT2D eigenvalue weighted by molar-refractivity contribution is -0.126. The van der Waals surface area contributed by atoms with E-state index in [1.807, 2.05) is 0 Å². The molecule has 2 rings (SSSR count). The number of hydrogen-bond donors (Lipinski definition) is 1. The highest BCUT2D eigenvalue weighted by Crippen LogP contribution is 2.20. The van der Waals surface area contributed by atoms with Crippen molar-refractivity contribution in [2.45, 2.75) is 19.3 Å². The summed E-state index contributed by atoms with van der Waals surface area (Å²) in [5.74, 6) is 0.611. The van der Waals surface area contributed by atoms with Crippen LogP contribution >= 0.6 is 0 Å². The lowest BCUT2D eigenvalue weighted by Gasteiger charge is -2.29. The zero-order valence-corrected chi connectivity index (χ0v) is 13.2. The molecule has 1 amide bonds. The van der Waals surface area contributed by atoms with Crippen molar-refractivity contribution in [3.8, 4) is 0 Å². The van der Waals surface area contributed by atoms with Gasteiger partial charge in [0.25, 0.3) is 0 Å². The standard InChI is InChI=1S/C13H25N3O3S/c1-15-6-3-11(10-15)9-14-13(17)12-4-7-16(8-5-12)20(2,18)19/h11-12H,3-10H2,1-2H3,(H,14,17). The number of carbonyl (C=O) groups excluding carboxylic acids is 1. The van der Waals surface area contributed by atoms with Gasteiger partial charge in [-0.25, -0.2) is 12.7 Å². The van der Waals surface area contributed by atoms with Crippen molar-refractivity contribution in [1.82, 2.24) is 14.5 Å². The van der Waals surface area contributed by atoms with Gasteiger partial charge in [-0.3, -0.25) is 4.79 Å². The molecule has 7 heteroatoms. The quantitative estimate of drug-likeness (QED) is 0.776. The topological polar surface area (TPSA) is 69.7 Å². The maximum absolute atomic E-state index is 12.1. The summed E-state index contributed by atoms with van der Waals surface area (Å²) in [5, 5.41) is 3.03. The molecule has 0 saturated carbocycles. The van der Waals surface area contributed by atoms with Crippen molar-refractivity contribution >= 4 is 15.9 Å². The minimum atomic E-state index is -3.11. The van der Waals surface area contributed by atoms with Gasteiger partial charge < -0.3 is 10.2 Å². The lowest BCUT2D eigenvalue weighted by Crippen LogP contribution is -2.43. The SMILES string of the molecule is CN1CCC(CNC(=O)C2CCN(S(C)(=O)=O)CC2)C1. The van der Waals surface area contributed by atoms with Crippen LogP contribution in [0, 0.1) is 11.8 Å². The predicted octanol–water partition coefficient (Wildman–Crippen LogP) is -0.274. The van der Waals surface area contributed by atoms with Crippen LogP contribution in [0.2, 0.25) is 0 Å². The second-order valence-corrected chi connectivity index (χ2v) is 8.08. The van der Waals surface area contributed by atoms with Gasteiger partial charge >= 0.3 is 0 Å². The van der Waals surface area contributed by atoms with Crippen LogP contribution in [0.5, 0.6) is 0 Å². The van der Waals surface area contributed by atoms with Gasteiger partial charge in [0, 0.05) is 32.1 Å². The van der Waals surface area contributed by atoms with Gasteiger partial charge in [-0.05, 0) is 38.8 Å². The second kappa shape index (κ2) is 6.41. The van der Waals surface area contributed by atoms with Gasteiger partial charge in [0.15, 0.2) is 0 Å². The van der Waals surface area contributed by atoms with Crippen LogP contribution in [-0.2, 0) is 14.8 Å². The fourth-order valence-electron chi connectivity index (χ4n) is 3.03. The zero-order valence-electron chi connectivity index (χ0n) is 12.3. The number of amides is 1. The Morgan fingerprint density at radius 1 is 1.20 bits per heavy atom. The predicted molar refractivity (Wildman–Crippen MR) is 77.8 cm³/mol. The molecule has 2 aliphatic rings. The molecule has 0 radical (unpaired) electrons. The number of likely N-dealkylation sites (tertiary alicyclic amines) is 1. The monoisotopic (exact) mass is 303 g/mol. The molecule has 1 unspecified atom stereocenters. The molecule has 20 heavy (non-hydrogen) atoms. The number of nitrogens with one attached hydrogen (secondary N) is 1. The van der Waals surface area contributed by atoms with Crippen LogP contribution in [0.3, 0.4) is 0 Å². The number of sulfonamides is 1. The Balaban J connectivity index is 1.72. The first-order valence-electron chi connectivity index (χ1n) is 7.27.